The maximum atomic E-state index is 13.5. The van der Waals surface area contributed by atoms with Crippen molar-refractivity contribution in [1.29, 1.82) is 0 Å². The number of carbonyl (C=O) groups is 2. The van der Waals surface area contributed by atoms with Crippen LogP contribution < -0.4 is 19.1 Å². The first kappa shape index (κ1) is 23.7. The second-order valence-corrected chi connectivity index (χ2v) is 9.04. The highest BCUT2D eigenvalue weighted by atomic mass is 16.5. The van der Waals surface area contributed by atoms with Gasteiger partial charge in [-0.3, -0.25) is 14.5 Å². The van der Waals surface area contributed by atoms with Crippen molar-refractivity contribution in [2.75, 3.05) is 19.1 Å². The third kappa shape index (κ3) is 4.71. The number of amides is 1. The van der Waals surface area contributed by atoms with Gasteiger partial charge >= 0.3 is 0 Å². The third-order valence-electron chi connectivity index (χ3n) is 6.80. The van der Waals surface area contributed by atoms with Crippen molar-refractivity contribution < 1.29 is 23.8 Å². The van der Waals surface area contributed by atoms with E-state index in [9.17, 15) is 9.59 Å². The fraction of sp³-hybridized carbons (Fsp3) is 0.267. The normalized spacial score (nSPS) is 17.6. The molecule has 184 valence electrons. The summed E-state index contributed by atoms with van der Waals surface area (Å²) in [6.07, 6.45) is 2.11. The lowest BCUT2D eigenvalue weighted by Crippen LogP contribution is -2.40. The molecule has 0 aromatic heterocycles. The number of allylic oxidation sites excluding steroid dienone is 2. The molecule has 1 heterocycles. The van der Waals surface area contributed by atoms with Gasteiger partial charge in [-0.1, -0.05) is 42.5 Å². The van der Waals surface area contributed by atoms with Crippen LogP contribution in [0, 0.1) is 0 Å². The molecule has 3 aromatic carbocycles. The molecule has 0 fully saturated rings. The first-order valence-corrected chi connectivity index (χ1v) is 12.2. The van der Waals surface area contributed by atoms with E-state index in [1.165, 1.54) is 0 Å². The zero-order valence-electron chi connectivity index (χ0n) is 20.5. The van der Waals surface area contributed by atoms with Gasteiger partial charge < -0.3 is 14.2 Å². The number of hydrogen-bond donors (Lipinski definition) is 0. The van der Waals surface area contributed by atoms with Crippen LogP contribution in [0.15, 0.2) is 84.1 Å². The van der Waals surface area contributed by atoms with Crippen LogP contribution >= 0.6 is 0 Å². The number of Topliss-reactive ketones (excluding diaryl/α,β-unsaturated/α-hetero) is 1. The summed E-state index contributed by atoms with van der Waals surface area (Å²) in [4.78, 5) is 28.4. The largest absolute Gasteiger partial charge is 0.497 e. The number of rotatable bonds is 7. The Labute approximate surface area is 211 Å². The van der Waals surface area contributed by atoms with Gasteiger partial charge in [-0.15, -0.1) is 0 Å². The Bertz CT molecular complexity index is 1270. The van der Waals surface area contributed by atoms with Crippen molar-refractivity contribution in [2.45, 2.75) is 38.2 Å². The number of anilines is 1. The van der Waals surface area contributed by atoms with Gasteiger partial charge in [-0.2, -0.15) is 0 Å². The molecule has 0 bridgehead atoms. The second kappa shape index (κ2) is 10.3. The Balaban J connectivity index is 1.46. The molecule has 1 amide bonds. The van der Waals surface area contributed by atoms with Crippen LogP contribution in [0.1, 0.15) is 42.7 Å². The topological polar surface area (TPSA) is 65.1 Å². The summed E-state index contributed by atoms with van der Waals surface area (Å²) in [6.45, 7) is 0.481. The van der Waals surface area contributed by atoms with Crippen LogP contribution in [0.2, 0.25) is 0 Å². The number of hydrogen-bond acceptors (Lipinski definition) is 5. The average Bonchev–Trinajstić information content (AvgIpc) is 2.92. The predicted molar refractivity (Wildman–Crippen MR) is 137 cm³/mol. The highest BCUT2D eigenvalue weighted by Crippen LogP contribution is 2.44. The molecule has 1 atom stereocenters. The van der Waals surface area contributed by atoms with Gasteiger partial charge in [-0.25, -0.2) is 0 Å². The molecule has 5 rings (SSSR count). The van der Waals surface area contributed by atoms with E-state index in [2.05, 4.69) is 0 Å². The van der Waals surface area contributed by atoms with E-state index < -0.39 is 0 Å². The van der Waals surface area contributed by atoms with E-state index in [1.807, 2.05) is 66.7 Å². The summed E-state index contributed by atoms with van der Waals surface area (Å²) in [5, 5.41) is 0. The molecule has 6 heteroatoms. The molecule has 1 aliphatic heterocycles. The molecular formula is C30H29NO5. The number of methoxy groups -OCH3 is 2. The minimum absolute atomic E-state index is 0.0480. The molecule has 0 radical (unpaired) electrons. The van der Waals surface area contributed by atoms with Gasteiger partial charge in [0.1, 0.15) is 23.9 Å². The molecule has 2 aliphatic rings. The Kier molecular flexibility index (Phi) is 6.76. The second-order valence-electron chi connectivity index (χ2n) is 9.04. The summed E-state index contributed by atoms with van der Waals surface area (Å²) >= 11 is 0. The predicted octanol–water partition coefficient (Wildman–Crippen LogP) is 5.81. The lowest BCUT2D eigenvalue weighted by atomic mass is 9.77. The molecule has 1 aliphatic carbocycles. The van der Waals surface area contributed by atoms with E-state index in [1.54, 1.807) is 25.2 Å². The van der Waals surface area contributed by atoms with E-state index >= 15 is 0 Å². The van der Waals surface area contributed by atoms with Gasteiger partial charge in [0.25, 0.3) is 0 Å². The van der Waals surface area contributed by atoms with Crippen LogP contribution in [-0.4, -0.2) is 25.9 Å². The van der Waals surface area contributed by atoms with Gasteiger partial charge in [0.05, 0.1) is 19.9 Å². The van der Waals surface area contributed by atoms with Crippen LogP contribution in [0.5, 0.6) is 17.2 Å². The number of ether oxygens (including phenoxy) is 3. The minimum Gasteiger partial charge on any atom is -0.497 e. The van der Waals surface area contributed by atoms with Crippen molar-refractivity contribution >= 4 is 17.4 Å². The monoisotopic (exact) mass is 483 g/mol. The number of nitrogens with zero attached hydrogens (tertiary/aromatic N) is 1. The first-order chi connectivity index (χ1) is 17.6. The summed E-state index contributed by atoms with van der Waals surface area (Å²) < 4.78 is 16.8. The van der Waals surface area contributed by atoms with Crippen LogP contribution in [0.3, 0.4) is 0 Å². The quantitative estimate of drug-likeness (QED) is 0.424. The smallest absolute Gasteiger partial charge is 0.232 e. The highest BCUT2D eigenvalue weighted by molar-refractivity contribution is 6.07. The molecule has 0 saturated heterocycles. The fourth-order valence-corrected chi connectivity index (χ4v) is 5.04. The Morgan fingerprint density at radius 1 is 0.833 bits per heavy atom. The molecule has 1 unspecified atom stereocenters. The van der Waals surface area contributed by atoms with Gasteiger partial charge in [-0.05, 0) is 36.1 Å². The Morgan fingerprint density at radius 2 is 1.53 bits per heavy atom. The maximum Gasteiger partial charge on any atom is 0.232 e. The van der Waals surface area contributed by atoms with E-state index in [4.69, 9.17) is 14.2 Å². The van der Waals surface area contributed by atoms with Crippen LogP contribution in [0.4, 0.5) is 5.69 Å². The zero-order valence-corrected chi connectivity index (χ0v) is 20.5. The summed E-state index contributed by atoms with van der Waals surface area (Å²) in [6, 6.07) is 23.1. The standard InChI is InChI=1S/C30H29NO5/c1-34-24-15-22(16-25(17-24)35-2)31-27-9-6-10-28(32)30(27)26(18-29(31)33)21-11-13-23(14-12-21)36-19-20-7-4-3-5-8-20/h3-5,7-8,11-17,26H,6,9-10,18-19H2,1-2H3. The lowest BCUT2D eigenvalue weighted by molar-refractivity contribution is -0.119. The fourth-order valence-electron chi connectivity index (χ4n) is 5.04. The zero-order chi connectivity index (χ0) is 25.1. The Hall–Kier alpha value is -4.06. The van der Waals surface area contributed by atoms with Crippen molar-refractivity contribution in [2.24, 2.45) is 0 Å². The molecule has 36 heavy (non-hydrogen) atoms. The van der Waals surface area contributed by atoms with Gasteiger partial charge in [0, 0.05) is 48.2 Å². The van der Waals surface area contributed by atoms with E-state index in [0.717, 1.165) is 34.6 Å². The first-order valence-electron chi connectivity index (χ1n) is 12.2. The van der Waals surface area contributed by atoms with Crippen molar-refractivity contribution in [1.82, 2.24) is 0 Å². The van der Waals surface area contributed by atoms with Crippen LogP contribution in [0.25, 0.3) is 0 Å². The third-order valence-corrected chi connectivity index (χ3v) is 6.80. The molecule has 0 N–H and O–H groups in total. The van der Waals surface area contributed by atoms with Gasteiger partial charge in [0.2, 0.25) is 5.91 Å². The van der Waals surface area contributed by atoms with Gasteiger partial charge in [0.15, 0.2) is 5.78 Å². The molecule has 6 nitrogen and oxygen atoms in total. The summed E-state index contributed by atoms with van der Waals surface area (Å²) in [7, 11) is 3.16. The average molecular weight is 484 g/mol. The van der Waals surface area contributed by atoms with Crippen molar-refractivity contribution in [3.63, 3.8) is 0 Å². The molecule has 3 aromatic rings. The minimum atomic E-state index is -0.271. The Morgan fingerprint density at radius 3 is 2.19 bits per heavy atom. The molecule has 0 spiro atoms. The highest BCUT2D eigenvalue weighted by Gasteiger charge is 2.40. The van der Waals surface area contributed by atoms with Crippen LogP contribution in [-0.2, 0) is 16.2 Å². The van der Waals surface area contributed by atoms with E-state index in [-0.39, 0.29) is 24.0 Å². The molecule has 0 saturated carbocycles. The SMILES string of the molecule is COc1cc(OC)cc(N2C(=O)CC(c3ccc(OCc4ccccc4)cc3)C3=C2CCCC3=O)c1. The summed E-state index contributed by atoms with van der Waals surface area (Å²) in [5.41, 5.74) is 4.21. The number of carbonyl (C=O) groups excluding carboxylic acids is 2. The molecular weight excluding hydrogens is 454 g/mol. The maximum absolute atomic E-state index is 13.5. The summed E-state index contributed by atoms with van der Waals surface area (Å²) in [5.74, 6) is 1.72. The van der Waals surface area contributed by atoms with Crippen molar-refractivity contribution in [3.05, 3.63) is 95.2 Å². The lowest BCUT2D eigenvalue weighted by Gasteiger charge is -2.38. The number of ketones is 1. The van der Waals surface area contributed by atoms with E-state index in [0.29, 0.717) is 36.6 Å². The van der Waals surface area contributed by atoms with Crippen molar-refractivity contribution in [3.8, 4) is 17.2 Å². The number of benzene rings is 3.